The van der Waals surface area contributed by atoms with Crippen LogP contribution in [0.4, 0.5) is 0 Å². The highest BCUT2D eigenvalue weighted by Gasteiger charge is 2.58. The summed E-state index contributed by atoms with van der Waals surface area (Å²) in [5.41, 5.74) is 6.57. The first-order chi connectivity index (χ1) is 13.4. The van der Waals surface area contributed by atoms with Gasteiger partial charge >= 0.3 is 0 Å². The van der Waals surface area contributed by atoms with Gasteiger partial charge in [-0.3, -0.25) is 4.90 Å². The molecule has 0 saturated carbocycles. The number of nitriles is 3. The van der Waals surface area contributed by atoms with Crippen molar-refractivity contribution in [3.8, 4) is 18.2 Å². The first-order valence-corrected chi connectivity index (χ1v) is 9.77. The van der Waals surface area contributed by atoms with Gasteiger partial charge in [-0.25, -0.2) is 0 Å². The number of hydrogen-bond donors (Lipinski definition) is 1. The Labute approximate surface area is 173 Å². The molecule has 0 aromatic heterocycles. The fourth-order valence-corrected chi connectivity index (χ4v) is 5.47. The fourth-order valence-electron chi connectivity index (χ4n) is 5.17. The minimum atomic E-state index is -1.65. The van der Waals surface area contributed by atoms with E-state index in [9.17, 15) is 15.8 Å². The molecule has 5 nitrogen and oxygen atoms in total. The minimum absolute atomic E-state index is 0.0301. The molecule has 2 bridgehead atoms. The second kappa shape index (κ2) is 6.54. The van der Waals surface area contributed by atoms with Crippen molar-refractivity contribution in [1.29, 1.82) is 15.8 Å². The molecule has 2 aliphatic heterocycles. The number of nitrogens with two attached hydrogens (primary N) is 1. The molecule has 4 atom stereocenters. The van der Waals surface area contributed by atoms with Gasteiger partial charge in [0, 0.05) is 23.9 Å². The van der Waals surface area contributed by atoms with Gasteiger partial charge in [0.25, 0.3) is 0 Å². The van der Waals surface area contributed by atoms with Crippen LogP contribution in [0.3, 0.4) is 0 Å². The summed E-state index contributed by atoms with van der Waals surface area (Å²) in [5, 5.41) is 30.8. The summed E-state index contributed by atoms with van der Waals surface area (Å²) in [6.45, 7) is 0. The molecular weight excluding hydrogens is 393 g/mol. The molecule has 0 unspecified atom stereocenters. The van der Waals surface area contributed by atoms with Crippen molar-refractivity contribution in [3.63, 3.8) is 0 Å². The molecule has 3 aliphatic rings. The lowest BCUT2D eigenvalue weighted by atomic mass is 9.56. The molecule has 7 heteroatoms. The number of fused-ring (bicyclic) bond motifs is 4. The third kappa shape index (κ3) is 2.33. The molecule has 0 amide bonds. The Morgan fingerprint density at radius 1 is 1.14 bits per heavy atom. The van der Waals surface area contributed by atoms with E-state index in [1.54, 1.807) is 18.2 Å². The number of nitrogens with zero attached hydrogens (tertiary/aromatic N) is 4. The molecule has 1 aliphatic carbocycles. The normalized spacial score (nSPS) is 30.6. The molecule has 2 heterocycles. The Bertz CT molecular complexity index is 1040. The summed E-state index contributed by atoms with van der Waals surface area (Å²) in [6.07, 6.45) is 3.98. The Morgan fingerprint density at radius 2 is 1.86 bits per heavy atom. The molecule has 0 spiro atoms. The smallest absolute Gasteiger partial charge is 0.191 e. The number of allylic oxidation sites excluding steroid dienone is 2. The van der Waals surface area contributed by atoms with Crippen LogP contribution in [0.25, 0.3) is 0 Å². The lowest BCUT2D eigenvalue weighted by Gasteiger charge is -2.48. The van der Waals surface area contributed by atoms with Crippen LogP contribution in [-0.2, 0) is 0 Å². The molecule has 4 rings (SSSR count). The summed E-state index contributed by atoms with van der Waals surface area (Å²) >= 11 is 12.4. The third-order valence-corrected chi connectivity index (χ3v) is 7.26. The molecule has 1 aromatic rings. The van der Waals surface area contributed by atoms with Crippen LogP contribution in [0.2, 0.25) is 10.0 Å². The number of rotatable bonds is 1. The zero-order valence-electron chi connectivity index (χ0n) is 15.2. The molecule has 1 saturated heterocycles. The van der Waals surface area contributed by atoms with Crippen LogP contribution >= 0.6 is 23.2 Å². The van der Waals surface area contributed by atoms with Crippen LogP contribution in [0.1, 0.15) is 24.3 Å². The number of benzene rings is 1. The van der Waals surface area contributed by atoms with E-state index in [1.807, 2.05) is 0 Å². The van der Waals surface area contributed by atoms with Crippen molar-refractivity contribution in [2.75, 3.05) is 7.05 Å². The third-order valence-electron chi connectivity index (χ3n) is 6.53. The van der Waals surface area contributed by atoms with Gasteiger partial charge in [0.2, 0.25) is 0 Å². The van der Waals surface area contributed by atoms with E-state index in [-0.39, 0.29) is 29.3 Å². The van der Waals surface area contributed by atoms with Gasteiger partial charge in [-0.2, -0.15) is 15.8 Å². The lowest BCUT2D eigenvalue weighted by Crippen LogP contribution is -2.51. The van der Waals surface area contributed by atoms with Gasteiger partial charge in [-0.1, -0.05) is 35.3 Å². The monoisotopic (exact) mass is 409 g/mol. The SMILES string of the molecule is CN1[C@@H]2CC[C@@H]1C=C1C(C#N)=C(N)C(C#N)(C#N)[C@@H](c3ccc(Cl)c(Cl)c3)[C@@H]12. The predicted octanol–water partition coefficient (Wildman–Crippen LogP) is 3.88. The van der Waals surface area contributed by atoms with Gasteiger partial charge in [0.1, 0.15) is 6.07 Å². The Morgan fingerprint density at radius 3 is 2.46 bits per heavy atom. The highest BCUT2D eigenvalue weighted by atomic mass is 35.5. The standard InChI is InChI=1S/C21H17Cl2N5/c1-28-12-3-5-17(28)18-13(7-12)14(8-24)20(27)21(9-25,10-26)19(18)11-2-4-15(22)16(23)6-11/h2,4,6-7,12,17-19H,3,5,27H2,1H3/t12-,17-,18+,19+/m1/s1. The molecule has 28 heavy (non-hydrogen) atoms. The van der Waals surface area contributed by atoms with Crippen LogP contribution in [0.15, 0.2) is 41.1 Å². The first-order valence-electron chi connectivity index (χ1n) is 9.01. The average Bonchev–Trinajstić information content (AvgIpc) is 2.93. The first kappa shape index (κ1) is 18.9. The second-order valence-electron chi connectivity index (χ2n) is 7.61. The number of hydrogen-bond acceptors (Lipinski definition) is 5. The lowest BCUT2D eigenvalue weighted by molar-refractivity contribution is 0.160. The van der Waals surface area contributed by atoms with Gasteiger partial charge in [0.05, 0.1) is 33.5 Å². The maximum atomic E-state index is 10.1. The largest absolute Gasteiger partial charge is 0.399 e. The number of likely N-dealkylation sites (N-methyl/N-ethyl adjacent to an activating group) is 1. The maximum Gasteiger partial charge on any atom is 0.191 e. The van der Waals surface area contributed by atoms with Crippen molar-refractivity contribution >= 4 is 23.2 Å². The summed E-state index contributed by atoms with van der Waals surface area (Å²) in [7, 11) is 2.05. The van der Waals surface area contributed by atoms with Crippen LogP contribution in [-0.4, -0.2) is 24.0 Å². The summed E-state index contributed by atoms with van der Waals surface area (Å²) < 4.78 is 0. The van der Waals surface area contributed by atoms with Crippen molar-refractivity contribution in [3.05, 3.63) is 56.7 Å². The van der Waals surface area contributed by atoms with E-state index >= 15 is 0 Å². The average molecular weight is 410 g/mol. The quantitative estimate of drug-likeness (QED) is 0.757. The van der Waals surface area contributed by atoms with Crippen LogP contribution in [0, 0.1) is 45.3 Å². The van der Waals surface area contributed by atoms with Crippen molar-refractivity contribution in [1.82, 2.24) is 4.90 Å². The Kier molecular flexibility index (Phi) is 4.40. The van der Waals surface area contributed by atoms with E-state index in [0.717, 1.165) is 24.0 Å². The minimum Gasteiger partial charge on any atom is -0.399 e. The van der Waals surface area contributed by atoms with Gasteiger partial charge < -0.3 is 5.73 Å². The van der Waals surface area contributed by atoms with Crippen LogP contribution in [0.5, 0.6) is 0 Å². The summed E-state index contributed by atoms with van der Waals surface area (Å²) in [4.78, 5) is 2.27. The van der Waals surface area contributed by atoms with Crippen molar-refractivity contribution < 1.29 is 0 Å². The maximum absolute atomic E-state index is 10.1. The van der Waals surface area contributed by atoms with Gasteiger partial charge in [-0.15, -0.1) is 0 Å². The zero-order chi connectivity index (χ0) is 20.2. The van der Waals surface area contributed by atoms with E-state index in [1.165, 1.54) is 0 Å². The molecular formula is C21H17Cl2N5. The van der Waals surface area contributed by atoms with Crippen molar-refractivity contribution in [2.45, 2.75) is 30.8 Å². The molecule has 1 fully saturated rings. The van der Waals surface area contributed by atoms with Crippen LogP contribution < -0.4 is 5.73 Å². The fraction of sp³-hybridized carbons (Fsp3) is 0.381. The Balaban J connectivity index is 2.05. The van der Waals surface area contributed by atoms with E-state index in [2.05, 4.69) is 36.2 Å². The van der Waals surface area contributed by atoms with Crippen molar-refractivity contribution in [2.24, 2.45) is 17.1 Å². The molecule has 1 aromatic carbocycles. The highest BCUT2D eigenvalue weighted by molar-refractivity contribution is 6.42. The zero-order valence-corrected chi connectivity index (χ0v) is 16.7. The summed E-state index contributed by atoms with van der Waals surface area (Å²) in [5.74, 6) is -0.755. The van der Waals surface area contributed by atoms with E-state index < -0.39 is 11.3 Å². The highest BCUT2D eigenvalue weighted by Crippen LogP contribution is 2.58. The molecule has 0 radical (unpaired) electrons. The number of halogens is 2. The van der Waals surface area contributed by atoms with E-state index in [0.29, 0.717) is 10.0 Å². The predicted molar refractivity (Wildman–Crippen MR) is 106 cm³/mol. The molecule has 2 N–H and O–H groups in total. The Hall–Kier alpha value is -2.49. The van der Waals surface area contributed by atoms with Gasteiger partial charge in [0.15, 0.2) is 5.41 Å². The molecule has 140 valence electrons. The summed E-state index contributed by atoms with van der Waals surface area (Å²) in [6, 6.07) is 12.0. The second-order valence-corrected chi connectivity index (χ2v) is 8.42. The topological polar surface area (TPSA) is 101 Å². The van der Waals surface area contributed by atoms with E-state index in [4.69, 9.17) is 28.9 Å². The van der Waals surface area contributed by atoms with Gasteiger partial charge in [-0.05, 0) is 43.2 Å².